The summed E-state index contributed by atoms with van der Waals surface area (Å²) in [6, 6.07) is 3.63. The quantitative estimate of drug-likeness (QED) is 0.553. The van der Waals surface area contributed by atoms with Crippen molar-refractivity contribution in [3.63, 3.8) is 0 Å². The van der Waals surface area contributed by atoms with Crippen LogP contribution in [0.4, 0.5) is 4.39 Å². The van der Waals surface area contributed by atoms with E-state index in [4.69, 9.17) is 14.0 Å². The monoisotopic (exact) mass is 335 g/mol. The highest BCUT2D eigenvalue weighted by Crippen LogP contribution is 2.40. The Morgan fingerprint density at radius 3 is 2.42 bits per heavy atom. The van der Waals surface area contributed by atoms with Crippen LogP contribution in [0.15, 0.2) is 30.3 Å². The fourth-order valence-electron chi connectivity index (χ4n) is 2.45. The van der Waals surface area contributed by atoms with Gasteiger partial charge in [-0.3, -0.25) is 4.98 Å². The van der Waals surface area contributed by atoms with Crippen LogP contribution < -0.4 is 0 Å². The summed E-state index contributed by atoms with van der Waals surface area (Å²) in [5.41, 5.74) is -0.300. The van der Waals surface area contributed by atoms with Crippen molar-refractivity contribution in [3.05, 3.63) is 35.8 Å². The number of rotatable bonds is 7. The first kappa shape index (κ1) is 19.1. The van der Waals surface area contributed by atoms with Gasteiger partial charge in [-0.05, 0) is 57.7 Å². The van der Waals surface area contributed by atoms with Crippen molar-refractivity contribution in [1.29, 1.82) is 0 Å². The van der Waals surface area contributed by atoms with Crippen molar-refractivity contribution < 1.29 is 18.4 Å². The Hall–Kier alpha value is -1.24. The van der Waals surface area contributed by atoms with Crippen LogP contribution in [0.5, 0.6) is 0 Å². The number of nitrogens with zero attached hydrogens (tertiary/aromatic N) is 1. The largest absolute Gasteiger partial charge is 0.525 e. The third kappa shape index (κ3) is 4.24. The standard InChI is InChI=1S/C18H27BFNO3/c1-6-11-22-12-9-15(14-8-7-10-21-13-14)16(20)19-23-17(2,3)18(4,5)24-19/h7-8,10,13H,6,9,11-12H2,1-5H3. The molecule has 0 radical (unpaired) electrons. The summed E-state index contributed by atoms with van der Waals surface area (Å²) in [5, 5.41) is 0. The molecule has 1 aliphatic rings. The molecule has 0 spiro atoms. The van der Waals surface area contributed by atoms with Gasteiger partial charge in [-0.25, -0.2) is 4.39 Å². The molecule has 0 atom stereocenters. The molecule has 0 aliphatic carbocycles. The molecule has 132 valence electrons. The Morgan fingerprint density at radius 1 is 1.21 bits per heavy atom. The van der Waals surface area contributed by atoms with Crippen LogP contribution in [0.3, 0.4) is 0 Å². The minimum absolute atomic E-state index is 0.401. The van der Waals surface area contributed by atoms with Crippen molar-refractivity contribution in [2.24, 2.45) is 0 Å². The number of ether oxygens (including phenoxy) is 1. The average Bonchev–Trinajstić information content (AvgIpc) is 2.76. The summed E-state index contributed by atoms with van der Waals surface area (Å²) in [7, 11) is -1.00. The van der Waals surface area contributed by atoms with E-state index in [-0.39, 0.29) is 0 Å². The molecular weight excluding hydrogens is 308 g/mol. The molecule has 4 nitrogen and oxygen atoms in total. The van der Waals surface area contributed by atoms with Crippen LogP contribution in [-0.4, -0.2) is 36.5 Å². The number of hydrogen-bond donors (Lipinski definition) is 0. The first-order valence-electron chi connectivity index (χ1n) is 8.51. The van der Waals surface area contributed by atoms with Crippen LogP contribution in [0.1, 0.15) is 53.0 Å². The third-order valence-corrected chi connectivity index (χ3v) is 4.60. The summed E-state index contributed by atoms with van der Waals surface area (Å²) >= 11 is 0. The topological polar surface area (TPSA) is 40.6 Å². The van der Waals surface area contributed by atoms with Gasteiger partial charge in [-0.15, -0.1) is 0 Å². The molecule has 2 rings (SSSR count). The van der Waals surface area contributed by atoms with Crippen LogP contribution in [0.2, 0.25) is 0 Å². The second kappa shape index (κ2) is 7.76. The zero-order chi connectivity index (χ0) is 17.8. The summed E-state index contributed by atoms with van der Waals surface area (Å²) < 4.78 is 32.4. The van der Waals surface area contributed by atoms with Gasteiger partial charge in [-0.2, -0.15) is 0 Å². The number of pyridine rings is 1. The molecule has 1 aliphatic heterocycles. The zero-order valence-corrected chi connectivity index (χ0v) is 15.3. The van der Waals surface area contributed by atoms with Crippen molar-refractivity contribution >= 4 is 12.7 Å². The lowest BCUT2D eigenvalue weighted by molar-refractivity contribution is 0.00578. The van der Waals surface area contributed by atoms with Crippen LogP contribution in [-0.2, 0) is 14.0 Å². The van der Waals surface area contributed by atoms with Gasteiger partial charge in [0.05, 0.1) is 17.8 Å². The van der Waals surface area contributed by atoms with Gasteiger partial charge >= 0.3 is 7.12 Å². The predicted molar refractivity (Wildman–Crippen MR) is 94.1 cm³/mol. The molecule has 0 unspecified atom stereocenters. The molecule has 6 heteroatoms. The molecule has 2 heterocycles. The Kier molecular flexibility index (Phi) is 6.18. The second-order valence-corrected chi connectivity index (χ2v) is 7.02. The molecule has 0 bridgehead atoms. The van der Waals surface area contributed by atoms with E-state index in [0.29, 0.717) is 25.2 Å². The highest BCUT2D eigenvalue weighted by molar-refractivity contribution is 6.55. The maximum absolute atomic E-state index is 15.2. The normalized spacial score (nSPS) is 20.2. The van der Waals surface area contributed by atoms with Gasteiger partial charge in [-0.1, -0.05) is 13.0 Å². The maximum atomic E-state index is 15.2. The third-order valence-electron chi connectivity index (χ3n) is 4.60. The van der Waals surface area contributed by atoms with Crippen molar-refractivity contribution in [2.45, 2.75) is 58.7 Å². The molecule has 0 saturated carbocycles. The van der Waals surface area contributed by atoms with Crippen molar-refractivity contribution in [3.8, 4) is 0 Å². The van der Waals surface area contributed by atoms with E-state index < -0.39 is 24.0 Å². The van der Waals surface area contributed by atoms with Crippen LogP contribution in [0, 0.1) is 0 Å². The summed E-state index contributed by atoms with van der Waals surface area (Å²) in [4.78, 5) is 4.09. The van der Waals surface area contributed by atoms with Crippen molar-refractivity contribution in [1.82, 2.24) is 4.98 Å². The average molecular weight is 335 g/mol. The first-order valence-corrected chi connectivity index (χ1v) is 8.51. The van der Waals surface area contributed by atoms with Gasteiger partial charge < -0.3 is 14.0 Å². The van der Waals surface area contributed by atoms with Gasteiger partial charge in [0.25, 0.3) is 0 Å². The van der Waals surface area contributed by atoms with Crippen LogP contribution in [0.25, 0.3) is 5.57 Å². The molecule has 1 saturated heterocycles. The van der Waals surface area contributed by atoms with E-state index >= 15 is 4.39 Å². The summed E-state index contributed by atoms with van der Waals surface area (Å²) in [6.45, 7) is 10.8. The molecular formula is C18H27BFNO3. The van der Waals surface area contributed by atoms with Crippen molar-refractivity contribution in [2.75, 3.05) is 13.2 Å². The lowest BCUT2D eigenvalue weighted by Crippen LogP contribution is -2.41. The SMILES string of the molecule is CCCOCCC(=C(F)B1OC(C)(C)C(C)(C)O1)c1cccnc1. The Morgan fingerprint density at radius 2 is 1.88 bits per heavy atom. The van der Waals surface area contributed by atoms with E-state index in [9.17, 15) is 0 Å². The van der Waals surface area contributed by atoms with Gasteiger partial charge in [0.2, 0.25) is 0 Å². The highest BCUT2D eigenvalue weighted by Gasteiger charge is 2.53. The number of halogens is 1. The molecule has 0 aromatic carbocycles. The Balaban J connectivity index is 2.26. The molecule has 1 aromatic rings. The van der Waals surface area contributed by atoms with E-state index in [0.717, 1.165) is 12.0 Å². The molecule has 24 heavy (non-hydrogen) atoms. The Bertz CT molecular complexity index is 559. The zero-order valence-electron chi connectivity index (χ0n) is 15.3. The van der Waals surface area contributed by atoms with E-state index in [1.165, 1.54) is 0 Å². The molecule has 1 fully saturated rings. The number of aromatic nitrogens is 1. The van der Waals surface area contributed by atoms with E-state index in [1.54, 1.807) is 18.5 Å². The molecule has 1 aromatic heterocycles. The fraction of sp³-hybridized carbons (Fsp3) is 0.611. The predicted octanol–water partition coefficient (Wildman–Crippen LogP) is 4.21. The van der Waals surface area contributed by atoms with Gasteiger partial charge in [0, 0.05) is 19.0 Å². The summed E-state index contributed by atoms with van der Waals surface area (Å²) in [5.74, 6) is 0. The second-order valence-electron chi connectivity index (χ2n) is 7.02. The minimum atomic E-state index is -1.00. The van der Waals surface area contributed by atoms with E-state index in [2.05, 4.69) is 4.98 Å². The smallest absolute Gasteiger partial charge is 0.398 e. The first-order chi connectivity index (χ1) is 11.3. The lowest BCUT2D eigenvalue weighted by Gasteiger charge is -2.32. The number of hydrogen-bond acceptors (Lipinski definition) is 4. The highest BCUT2D eigenvalue weighted by atomic mass is 19.1. The fourth-order valence-corrected chi connectivity index (χ4v) is 2.45. The Labute approximate surface area is 144 Å². The lowest BCUT2D eigenvalue weighted by atomic mass is 9.82. The van der Waals surface area contributed by atoms with Gasteiger partial charge in [0.15, 0.2) is 0 Å². The summed E-state index contributed by atoms with van der Waals surface area (Å²) in [6.07, 6.45) is 4.70. The maximum Gasteiger partial charge on any atom is 0.525 e. The van der Waals surface area contributed by atoms with Crippen LogP contribution >= 0.6 is 0 Å². The van der Waals surface area contributed by atoms with Gasteiger partial charge in [0.1, 0.15) is 5.73 Å². The van der Waals surface area contributed by atoms with E-state index in [1.807, 2.05) is 40.7 Å². The minimum Gasteiger partial charge on any atom is -0.398 e. The molecule has 0 N–H and O–H groups in total. The molecule has 0 amide bonds.